The highest BCUT2D eigenvalue weighted by molar-refractivity contribution is 7.11. The van der Waals surface area contributed by atoms with Crippen molar-refractivity contribution in [2.24, 2.45) is 5.92 Å². The molecule has 3 aliphatic rings. The molecular formula is C24H39N3OS. The molecule has 4 rings (SSSR count). The SMILES string of the molecule is O=C(C1CCCCCCC1)N1CCCC1c1nnc(C2CCCCCCCC2)s1. The number of hydrogen-bond acceptors (Lipinski definition) is 4. The number of aromatic nitrogens is 2. The first kappa shape index (κ1) is 21.3. The van der Waals surface area contributed by atoms with Crippen molar-refractivity contribution in [2.45, 2.75) is 121 Å². The Kier molecular flexibility index (Phi) is 7.98. The van der Waals surface area contributed by atoms with Gasteiger partial charge in [-0.15, -0.1) is 10.2 Å². The Hall–Kier alpha value is -0.970. The number of amides is 1. The fraction of sp³-hybridized carbons (Fsp3) is 0.875. The van der Waals surface area contributed by atoms with E-state index in [2.05, 4.69) is 15.1 Å². The van der Waals surface area contributed by atoms with Gasteiger partial charge in [0.15, 0.2) is 0 Å². The minimum Gasteiger partial charge on any atom is -0.333 e. The molecule has 2 saturated carbocycles. The van der Waals surface area contributed by atoms with Crippen LogP contribution in [0.25, 0.3) is 0 Å². The van der Waals surface area contributed by atoms with Gasteiger partial charge in [-0.25, -0.2) is 0 Å². The van der Waals surface area contributed by atoms with Crippen LogP contribution in [0.15, 0.2) is 0 Å². The summed E-state index contributed by atoms with van der Waals surface area (Å²) in [6.45, 7) is 0.915. The number of rotatable bonds is 3. The maximum Gasteiger partial charge on any atom is 0.226 e. The van der Waals surface area contributed by atoms with Gasteiger partial charge in [0.05, 0.1) is 6.04 Å². The maximum atomic E-state index is 13.4. The van der Waals surface area contributed by atoms with E-state index in [9.17, 15) is 4.79 Å². The van der Waals surface area contributed by atoms with Crippen LogP contribution in [0.4, 0.5) is 0 Å². The molecule has 0 radical (unpaired) electrons. The standard InChI is InChI=1S/C24H39N3OS/c28-24(20-15-10-6-3-7-11-16-20)27-18-12-17-21(27)23-26-25-22(29-23)19-13-8-4-1-2-5-9-14-19/h19-21H,1-18H2. The second kappa shape index (κ2) is 10.9. The van der Waals surface area contributed by atoms with Crippen LogP contribution in [0.5, 0.6) is 0 Å². The Bertz CT molecular complexity index is 628. The van der Waals surface area contributed by atoms with Gasteiger partial charge in [0, 0.05) is 18.4 Å². The molecule has 1 atom stereocenters. The predicted octanol–water partition coefficient (Wildman–Crippen LogP) is 6.78. The minimum atomic E-state index is 0.190. The normalized spacial score (nSPS) is 26.3. The summed E-state index contributed by atoms with van der Waals surface area (Å²) in [5, 5.41) is 11.6. The molecule has 1 aliphatic heterocycles. The van der Waals surface area contributed by atoms with E-state index in [1.165, 1.54) is 88.5 Å². The van der Waals surface area contributed by atoms with Gasteiger partial charge in [-0.1, -0.05) is 82.0 Å². The van der Waals surface area contributed by atoms with Crippen molar-refractivity contribution in [3.63, 3.8) is 0 Å². The van der Waals surface area contributed by atoms with Crippen LogP contribution in [0.1, 0.15) is 131 Å². The monoisotopic (exact) mass is 417 g/mol. The van der Waals surface area contributed by atoms with Crippen LogP contribution in [-0.4, -0.2) is 27.5 Å². The summed E-state index contributed by atoms with van der Waals surface area (Å²) in [7, 11) is 0. The molecule has 4 nitrogen and oxygen atoms in total. The highest BCUT2D eigenvalue weighted by Crippen LogP contribution is 2.39. The highest BCUT2D eigenvalue weighted by Gasteiger charge is 2.36. The molecule has 2 aliphatic carbocycles. The Morgan fingerprint density at radius 1 is 0.690 bits per heavy atom. The molecule has 1 aromatic rings. The maximum absolute atomic E-state index is 13.4. The summed E-state index contributed by atoms with van der Waals surface area (Å²) in [5.41, 5.74) is 0. The molecule has 162 valence electrons. The van der Waals surface area contributed by atoms with Crippen molar-refractivity contribution in [1.29, 1.82) is 0 Å². The zero-order valence-electron chi connectivity index (χ0n) is 18.1. The molecule has 29 heavy (non-hydrogen) atoms. The van der Waals surface area contributed by atoms with Gasteiger partial charge in [-0.3, -0.25) is 4.79 Å². The van der Waals surface area contributed by atoms with Crippen molar-refractivity contribution in [3.8, 4) is 0 Å². The van der Waals surface area contributed by atoms with Crippen molar-refractivity contribution in [2.75, 3.05) is 6.54 Å². The topological polar surface area (TPSA) is 46.1 Å². The molecule has 1 aromatic heterocycles. The van der Waals surface area contributed by atoms with Crippen LogP contribution >= 0.6 is 11.3 Å². The Labute approximate surface area is 180 Å². The zero-order chi connectivity index (χ0) is 19.9. The fourth-order valence-corrected chi connectivity index (χ4v) is 6.81. The smallest absolute Gasteiger partial charge is 0.226 e. The first-order valence-electron chi connectivity index (χ1n) is 12.5. The van der Waals surface area contributed by atoms with Crippen LogP contribution in [0.2, 0.25) is 0 Å². The lowest BCUT2D eigenvalue weighted by atomic mass is 9.90. The van der Waals surface area contributed by atoms with Crippen molar-refractivity contribution >= 4 is 17.2 Å². The third-order valence-corrected chi connectivity index (χ3v) is 8.62. The molecular weight excluding hydrogens is 378 g/mol. The lowest BCUT2D eigenvalue weighted by Gasteiger charge is -2.28. The van der Waals surface area contributed by atoms with Crippen molar-refractivity contribution in [1.82, 2.24) is 15.1 Å². The second-order valence-electron chi connectivity index (χ2n) is 9.61. The third kappa shape index (κ3) is 5.59. The van der Waals surface area contributed by atoms with Gasteiger partial charge < -0.3 is 4.90 Å². The molecule has 2 heterocycles. The summed E-state index contributed by atoms with van der Waals surface area (Å²) in [4.78, 5) is 15.5. The second-order valence-corrected chi connectivity index (χ2v) is 10.6. The van der Waals surface area contributed by atoms with Crippen molar-refractivity contribution in [3.05, 3.63) is 10.0 Å². The Balaban J connectivity index is 1.42. The van der Waals surface area contributed by atoms with Gasteiger partial charge in [-0.05, 0) is 38.5 Å². The van der Waals surface area contributed by atoms with E-state index in [0.717, 1.165) is 37.2 Å². The highest BCUT2D eigenvalue weighted by atomic mass is 32.1. The number of likely N-dealkylation sites (tertiary alicyclic amines) is 1. The molecule has 1 unspecified atom stereocenters. The zero-order valence-corrected chi connectivity index (χ0v) is 18.9. The van der Waals surface area contributed by atoms with Gasteiger partial charge in [0.25, 0.3) is 0 Å². The minimum absolute atomic E-state index is 0.190. The van der Waals surface area contributed by atoms with E-state index in [-0.39, 0.29) is 12.0 Å². The number of nitrogens with zero attached hydrogens (tertiary/aromatic N) is 3. The molecule has 1 saturated heterocycles. The summed E-state index contributed by atoms with van der Waals surface area (Å²) in [6, 6.07) is 0.190. The van der Waals surface area contributed by atoms with E-state index >= 15 is 0 Å². The van der Waals surface area contributed by atoms with Crippen molar-refractivity contribution < 1.29 is 4.79 Å². The van der Waals surface area contributed by atoms with E-state index in [0.29, 0.717) is 11.8 Å². The largest absolute Gasteiger partial charge is 0.333 e. The summed E-state index contributed by atoms with van der Waals surface area (Å²) >= 11 is 1.82. The first-order chi connectivity index (χ1) is 14.3. The van der Waals surface area contributed by atoms with Crippen LogP contribution in [0.3, 0.4) is 0 Å². The lowest BCUT2D eigenvalue weighted by Crippen LogP contribution is -2.36. The van der Waals surface area contributed by atoms with E-state index in [4.69, 9.17) is 0 Å². The van der Waals surface area contributed by atoms with E-state index in [1.54, 1.807) is 0 Å². The summed E-state index contributed by atoms with van der Waals surface area (Å²) in [5.74, 6) is 1.25. The molecule has 0 spiro atoms. The number of hydrogen-bond donors (Lipinski definition) is 0. The lowest BCUT2D eigenvalue weighted by molar-refractivity contribution is -0.137. The van der Waals surface area contributed by atoms with Gasteiger partial charge in [0.1, 0.15) is 10.0 Å². The Morgan fingerprint density at radius 3 is 1.90 bits per heavy atom. The van der Waals surface area contributed by atoms with E-state index in [1.807, 2.05) is 11.3 Å². The molecule has 0 bridgehead atoms. The van der Waals surface area contributed by atoms with Gasteiger partial charge >= 0.3 is 0 Å². The molecule has 1 amide bonds. The average Bonchev–Trinajstić information content (AvgIpc) is 3.38. The molecule has 0 aromatic carbocycles. The molecule has 3 fully saturated rings. The average molecular weight is 418 g/mol. The van der Waals surface area contributed by atoms with Crippen LogP contribution < -0.4 is 0 Å². The summed E-state index contributed by atoms with van der Waals surface area (Å²) < 4.78 is 0. The quantitative estimate of drug-likeness (QED) is 0.544. The molecule has 0 N–H and O–H groups in total. The predicted molar refractivity (Wildman–Crippen MR) is 119 cm³/mol. The van der Waals surface area contributed by atoms with Gasteiger partial charge in [-0.2, -0.15) is 0 Å². The summed E-state index contributed by atoms with van der Waals surface area (Å²) in [6.07, 6.45) is 21.5. The number of carbonyl (C=O) groups excluding carboxylic acids is 1. The third-order valence-electron chi connectivity index (χ3n) is 7.44. The number of carbonyl (C=O) groups is 1. The Morgan fingerprint density at radius 2 is 1.24 bits per heavy atom. The molecule has 5 heteroatoms. The first-order valence-corrected chi connectivity index (χ1v) is 13.3. The fourth-order valence-electron chi connectivity index (χ4n) is 5.65. The van der Waals surface area contributed by atoms with E-state index < -0.39 is 0 Å². The van der Waals surface area contributed by atoms with Gasteiger partial charge in [0.2, 0.25) is 5.91 Å². The van der Waals surface area contributed by atoms with Crippen LogP contribution in [-0.2, 0) is 4.79 Å². The van der Waals surface area contributed by atoms with Crippen LogP contribution in [0, 0.1) is 5.92 Å².